The molecule has 1 saturated heterocycles. The van der Waals surface area contributed by atoms with E-state index in [-0.39, 0.29) is 23.7 Å². The Hall–Kier alpha value is -0.770. The molecule has 2 unspecified atom stereocenters. The first-order valence-corrected chi connectivity index (χ1v) is 5.15. The summed E-state index contributed by atoms with van der Waals surface area (Å²) in [5.41, 5.74) is -0.184. The summed E-state index contributed by atoms with van der Waals surface area (Å²) in [4.78, 5) is 13.2. The number of cyclic esters (lactones) is 1. The monoisotopic (exact) mass is 199 g/mol. The number of amides is 1. The molecular weight excluding hydrogens is 182 g/mol. The molecule has 80 valence electrons. The number of ether oxygens (including phenoxy) is 1. The number of hydrogen-bond donors (Lipinski definition) is 1. The molecule has 0 bridgehead atoms. The van der Waals surface area contributed by atoms with Crippen molar-refractivity contribution >= 4 is 6.09 Å². The lowest BCUT2D eigenvalue weighted by molar-refractivity contribution is -0.119. The Balaban J connectivity index is 2.05. The normalized spacial score (nSPS) is 36.2. The van der Waals surface area contributed by atoms with Crippen LogP contribution in [0.1, 0.15) is 26.7 Å². The number of aliphatic hydroxyl groups excluding tert-OH is 1. The predicted molar refractivity (Wildman–Crippen MR) is 50.9 cm³/mol. The van der Waals surface area contributed by atoms with Crippen LogP contribution in [0.3, 0.4) is 0 Å². The summed E-state index contributed by atoms with van der Waals surface area (Å²) in [6, 6.07) is 0.144. The van der Waals surface area contributed by atoms with Crippen molar-refractivity contribution in [3.05, 3.63) is 0 Å². The van der Waals surface area contributed by atoms with Gasteiger partial charge in [-0.1, -0.05) is 13.8 Å². The molecule has 2 fully saturated rings. The Morgan fingerprint density at radius 2 is 2.29 bits per heavy atom. The third-order valence-corrected chi connectivity index (χ3v) is 3.54. The van der Waals surface area contributed by atoms with Gasteiger partial charge in [0.15, 0.2) is 0 Å². The molecular formula is C10H17NO3. The van der Waals surface area contributed by atoms with Crippen molar-refractivity contribution in [1.82, 2.24) is 4.90 Å². The van der Waals surface area contributed by atoms with E-state index in [2.05, 4.69) is 0 Å². The summed E-state index contributed by atoms with van der Waals surface area (Å²) < 4.78 is 4.98. The Labute approximate surface area is 83.8 Å². The van der Waals surface area contributed by atoms with Gasteiger partial charge in [-0.15, -0.1) is 0 Å². The van der Waals surface area contributed by atoms with Gasteiger partial charge in [0.05, 0.1) is 12.7 Å². The van der Waals surface area contributed by atoms with Crippen LogP contribution in [0.5, 0.6) is 0 Å². The van der Waals surface area contributed by atoms with Crippen LogP contribution in [-0.4, -0.2) is 41.4 Å². The van der Waals surface area contributed by atoms with Gasteiger partial charge >= 0.3 is 6.09 Å². The Bertz CT molecular complexity index is 252. The van der Waals surface area contributed by atoms with E-state index < -0.39 is 0 Å². The van der Waals surface area contributed by atoms with Gasteiger partial charge in [-0.3, -0.25) is 0 Å². The number of aliphatic hydroxyl groups is 1. The number of rotatable bonds is 1. The van der Waals surface area contributed by atoms with Crippen molar-refractivity contribution in [2.75, 3.05) is 13.2 Å². The van der Waals surface area contributed by atoms with Gasteiger partial charge in [-0.2, -0.15) is 0 Å². The summed E-state index contributed by atoms with van der Waals surface area (Å²) in [7, 11) is 0. The molecule has 0 aromatic heterocycles. The van der Waals surface area contributed by atoms with E-state index in [0.29, 0.717) is 13.0 Å². The molecule has 0 radical (unpaired) electrons. The topological polar surface area (TPSA) is 49.8 Å². The first-order valence-electron chi connectivity index (χ1n) is 5.15. The van der Waals surface area contributed by atoms with Crippen molar-refractivity contribution in [3.63, 3.8) is 0 Å². The van der Waals surface area contributed by atoms with E-state index in [0.717, 1.165) is 13.0 Å². The fourth-order valence-corrected chi connectivity index (χ4v) is 2.26. The minimum Gasteiger partial charge on any atom is -0.449 e. The Morgan fingerprint density at radius 3 is 2.79 bits per heavy atom. The molecule has 2 atom stereocenters. The van der Waals surface area contributed by atoms with Crippen molar-refractivity contribution in [3.8, 4) is 0 Å². The summed E-state index contributed by atoms with van der Waals surface area (Å²) >= 11 is 0. The molecule has 0 aromatic carbocycles. The van der Waals surface area contributed by atoms with E-state index in [1.807, 2.05) is 13.8 Å². The van der Waals surface area contributed by atoms with Crippen LogP contribution in [-0.2, 0) is 4.74 Å². The lowest BCUT2D eigenvalue weighted by Crippen LogP contribution is -2.63. The van der Waals surface area contributed by atoms with Gasteiger partial charge in [-0.05, 0) is 12.8 Å². The Morgan fingerprint density at radius 1 is 1.57 bits per heavy atom. The molecule has 1 N–H and O–H groups in total. The van der Waals surface area contributed by atoms with E-state index in [1.165, 1.54) is 0 Å². The lowest BCUT2D eigenvalue weighted by atomic mass is 9.64. The zero-order valence-corrected chi connectivity index (χ0v) is 8.69. The van der Waals surface area contributed by atoms with Gasteiger partial charge in [0.25, 0.3) is 0 Å². The molecule has 2 aliphatic rings. The molecule has 0 spiro atoms. The number of carbonyl (C=O) groups excluding carboxylic acids is 1. The highest BCUT2D eigenvalue weighted by Crippen LogP contribution is 2.44. The largest absolute Gasteiger partial charge is 0.449 e. The highest BCUT2D eigenvalue weighted by molar-refractivity contribution is 5.69. The third kappa shape index (κ3) is 1.29. The smallest absolute Gasteiger partial charge is 0.410 e. The summed E-state index contributed by atoms with van der Waals surface area (Å²) in [6.07, 6.45) is 1.07. The van der Waals surface area contributed by atoms with Crippen LogP contribution in [0.15, 0.2) is 0 Å². The van der Waals surface area contributed by atoms with Crippen molar-refractivity contribution in [2.24, 2.45) is 5.41 Å². The quantitative estimate of drug-likeness (QED) is 0.685. The van der Waals surface area contributed by atoms with Crippen LogP contribution in [0.2, 0.25) is 0 Å². The molecule has 1 aliphatic heterocycles. The standard InChI is InChI=1S/C10H17NO3/c1-10(2)7(6-8(10)12)11-4-3-5-14-9(11)13/h7-8,12H,3-6H2,1-2H3. The van der Waals surface area contributed by atoms with E-state index in [1.54, 1.807) is 4.90 Å². The maximum atomic E-state index is 11.4. The summed E-state index contributed by atoms with van der Waals surface area (Å²) in [5.74, 6) is 0. The average Bonchev–Trinajstić information content (AvgIpc) is 2.16. The predicted octanol–water partition coefficient (Wildman–Crippen LogP) is 0.988. The SMILES string of the molecule is CC1(C)C(O)CC1N1CCCOC1=O. The van der Waals surface area contributed by atoms with Crippen LogP contribution in [0, 0.1) is 5.41 Å². The maximum Gasteiger partial charge on any atom is 0.410 e. The molecule has 4 nitrogen and oxygen atoms in total. The summed E-state index contributed by atoms with van der Waals surface area (Å²) in [5, 5.41) is 9.58. The average molecular weight is 199 g/mol. The lowest BCUT2D eigenvalue weighted by Gasteiger charge is -2.54. The van der Waals surface area contributed by atoms with Crippen molar-refractivity contribution < 1.29 is 14.6 Å². The molecule has 1 saturated carbocycles. The van der Waals surface area contributed by atoms with Crippen LogP contribution < -0.4 is 0 Å². The molecule has 2 rings (SSSR count). The first-order chi connectivity index (χ1) is 6.53. The molecule has 1 aliphatic carbocycles. The zero-order valence-electron chi connectivity index (χ0n) is 8.69. The molecule has 1 amide bonds. The number of carbonyl (C=O) groups is 1. The van der Waals surface area contributed by atoms with Gasteiger partial charge in [0.1, 0.15) is 0 Å². The maximum absolute atomic E-state index is 11.4. The van der Waals surface area contributed by atoms with Crippen molar-refractivity contribution in [1.29, 1.82) is 0 Å². The molecule has 14 heavy (non-hydrogen) atoms. The second-order valence-corrected chi connectivity index (χ2v) is 4.75. The fraction of sp³-hybridized carbons (Fsp3) is 0.900. The van der Waals surface area contributed by atoms with E-state index in [4.69, 9.17) is 4.74 Å². The van der Waals surface area contributed by atoms with E-state index >= 15 is 0 Å². The van der Waals surface area contributed by atoms with Gasteiger partial charge in [-0.25, -0.2) is 4.79 Å². The first kappa shape index (κ1) is 9.77. The van der Waals surface area contributed by atoms with Gasteiger partial charge in [0.2, 0.25) is 0 Å². The van der Waals surface area contributed by atoms with Crippen LogP contribution >= 0.6 is 0 Å². The molecule has 1 heterocycles. The number of nitrogens with zero attached hydrogens (tertiary/aromatic N) is 1. The molecule has 4 heteroatoms. The Kier molecular flexibility index (Phi) is 2.18. The third-order valence-electron chi connectivity index (χ3n) is 3.54. The van der Waals surface area contributed by atoms with Gasteiger partial charge < -0.3 is 14.7 Å². The second-order valence-electron chi connectivity index (χ2n) is 4.75. The minimum absolute atomic E-state index is 0.144. The van der Waals surface area contributed by atoms with Gasteiger partial charge in [0, 0.05) is 18.0 Å². The highest BCUT2D eigenvalue weighted by atomic mass is 16.6. The molecule has 0 aromatic rings. The van der Waals surface area contributed by atoms with Crippen LogP contribution in [0.25, 0.3) is 0 Å². The van der Waals surface area contributed by atoms with Crippen LogP contribution in [0.4, 0.5) is 4.79 Å². The number of hydrogen-bond acceptors (Lipinski definition) is 3. The highest BCUT2D eigenvalue weighted by Gasteiger charge is 2.52. The van der Waals surface area contributed by atoms with E-state index in [9.17, 15) is 9.90 Å². The minimum atomic E-state index is -0.290. The fourth-order valence-electron chi connectivity index (χ4n) is 2.26. The zero-order chi connectivity index (χ0) is 10.3. The van der Waals surface area contributed by atoms with Crippen molar-refractivity contribution in [2.45, 2.75) is 38.8 Å². The summed E-state index contributed by atoms with van der Waals surface area (Å²) in [6.45, 7) is 5.28. The second kappa shape index (κ2) is 3.12.